The number of methoxy groups -OCH3 is 1. The lowest BCUT2D eigenvalue weighted by Gasteiger charge is -2.39. The summed E-state index contributed by atoms with van der Waals surface area (Å²) in [5.41, 5.74) is -1.49. The predicted octanol–water partition coefficient (Wildman–Crippen LogP) is 3.61. The third kappa shape index (κ3) is 4.48. The SMILES string of the molecule is CCOC(=O)[C@@H]1N[C@H](c2ccccc2)[C@H]2OC(c3ccc(OC)cc3)=CC(=O)[C@]21C(=O)OC(C)(C)C. The number of carbonyl (C=O) groups is 3. The molecule has 8 nitrogen and oxygen atoms in total. The van der Waals surface area contributed by atoms with Gasteiger partial charge in [-0.1, -0.05) is 30.3 Å². The van der Waals surface area contributed by atoms with E-state index in [4.69, 9.17) is 18.9 Å². The quantitative estimate of drug-likeness (QED) is 0.481. The maximum absolute atomic E-state index is 14.0. The van der Waals surface area contributed by atoms with Crippen molar-refractivity contribution in [2.24, 2.45) is 5.41 Å². The van der Waals surface area contributed by atoms with Crippen LogP contribution < -0.4 is 10.1 Å². The highest BCUT2D eigenvalue weighted by atomic mass is 16.6. The van der Waals surface area contributed by atoms with Gasteiger partial charge < -0.3 is 18.9 Å². The van der Waals surface area contributed by atoms with Crippen molar-refractivity contribution in [2.45, 2.75) is 51.5 Å². The Bertz CT molecular complexity index is 1170. The van der Waals surface area contributed by atoms with Gasteiger partial charge in [-0.3, -0.25) is 19.7 Å². The van der Waals surface area contributed by atoms with Crippen LogP contribution in [0.5, 0.6) is 5.75 Å². The van der Waals surface area contributed by atoms with Crippen LogP contribution >= 0.6 is 0 Å². The molecule has 0 radical (unpaired) electrons. The molecule has 0 aromatic heterocycles. The molecule has 0 saturated carbocycles. The molecule has 36 heavy (non-hydrogen) atoms. The highest BCUT2D eigenvalue weighted by Crippen LogP contribution is 2.50. The van der Waals surface area contributed by atoms with Gasteiger partial charge >= 0.3 is 11.9 Å². The number of hydrogen-bond acceptors (Lipinski definition) is 8. The molecule has 1 saturated heterocycles. The molecule has 0 spiro atoms. The zero-order chi connectivity index (χ0) is 26.1. The number of fused-ring (bicyclic) bond motifs is 1. The highest BCUT2D eigenvalue weighted by molar-refractivity contribution is 6.17. The smallest absolute Gasteiger partial charge is 0.326 e. The average molecular weight is 494 g/mol. The summed E-state index contributed by atoms with van der Waals surface area (Å²) in [6.45, 7) is 6.88. The molecular weight excluding hydrogens is 462 g/mol. The van der Waals surface area contributed by atoms with Gasteiger partial charge in [-0.25, -0.2) is 0 Å². The number of ether oxygens (including phenoxy) is 4. The maximum atomic E-state index is 14.0. The number of carbonyl (C=O) groups excluding carboxylic acids is 3. The first-order chi connectivity index (χ1) is 17.1. The van der Waals surface area contributed by atoms with Crippen molar-refractivity contribution in [3.05, 3.63) is 71.8 Å². The first-order valence-corrected chi connectivity index (χ1v) is 11.9. The van der Waals surface area contributed by atoms with E-state index in [1.807, 2.05) is 30.3 Å². The van der Waals surface area contributed by atoms with E-state index in [9.17, 15) is 14.4 Å². The zero-order valence-corrected chi connectivity index (χ0v) is 21.1. The van der Waals surface area contributed by atoms with E-state index < -0.39 is 46.9 Å². The van der Waals surface area contributed by atoms with Crippen LogP contribution in [0.4, 0.5) is 0 Å². The Hall–Kier alpha value is -3.65. The van der Waals surface area contributed by atoms with Crippen LogP contribution in [0.2, 0.25) is 0 Å². The third-order valence-electron chi connectivity index (χ3n) is 6.27. The Balaban J connectivity index is 1.89. The Labute approximate surface area is 210 Å². The van der Waals surface area contributed by atoms with Crippen molar-refractivity contribution in [1.29, 1.82) is 0 Å². The van der Waals surface area contributed by atoms with Crippen LogP contribution in [-0.4, -0.2) is 49.2 Å². The Morgan fingerprint density at radius 3 is 2.31 bits per heavy atom. The second-order valence-corrected chi connectivity index (χ2v) is 9.75. The molecular formula is C28H31NO7. The second kappa shape index (κ2) is 9.78. The molecule has 1 N–H and O–H groups in total. The van der Waals surface area contributed by atoms with Crippen LogP contribution in [0.3, 0.4) is 0 Å². The lowest BCUT2D eigenvalue weighted by Crippen LogP contribution is -2.60. The van der Waals surface area contributed by atoms with Gasteiger partial charge in [0.05, 0.1) is 19.8 Å². The van der Waals surface area contributed by atoms with Crippen molar-refractivity contribution < 1.29 is 33.3 Å². The van der Waals surface area contributed by atoms with E-state index in [0.29, 0.717) is 17.1 Å². The first kappa shape index (κ1) is 25.4. The lowest BCUT2D eigenvalue weighted by atomic mass is 9.70. The number of benzene rings is 2. The number of nitrogens with one attached hydrogen (secondary N) is 1. The summed E-state index contributed by atoms with van der Waals surface area (Å²) in [6.07, 6.45) is 0.197. The van der Waals surface area contributed by atoms with Gasteiger partial charge in [-0.05, 0) is 57.5 Å². The van der Waals surface area contributed by atoms with Crippen LogP contribution in [0, 0.1) is 5.41 Å². The minimum absolute atomic E-state index is 0.0874. The van der Waals surface area contributed by atoms with Gasteiger partial charge in [0, 0.05) is 11.6 Å². The lowest BCUT2D eigenvalue weighted by molar-refractivity contribution is -0.181. The summed E-state index contributed by atoms with van der Waals surface area (Å²) >= 11 is 0. The molecule has 2 aliphatic rings. The molecule has 2 aromatic carbocycles. The standard InChI is InChI=1S/C28H31NO7/c1-6-34-25(31)23-28(26(32)36-27(2,3)4)21(30)16-20(17-12-14-19(33-5)15-13-17)35-24(28)22(29-23)18-10-8-7-9-11-18/h7-16,22-24,29H,6H2,1-5H3/t22-,23+,24-,28-/m1/s1. The van der Waals surface area contributed by atoms with E-state index in [2.05, 4.69) is 5.32 Å². The Kier molecular flexibility index (Phi) is 6.91. The summed E-state index contributed by atoms with van der Waals surface area (Å²) in [5, 5.41) is 3.19. The molecule has 0 bridgehead atoms. The van der Waals surface area contributed by atoms with Crippen molar-refractivity contribution in [1.82, 2.24) is 5.32 Å². The van der Waals surface area contributed by atoms with E-state index in [0.717, 1.165) is 5.56 Å². The van der Waals surface area contributed by atoms with Gasteiger partial charge in [-0.15, -0.1) is 0 Å². The molecule has 4 atom stereocenters. The fraction of sp³-hybridized carbons (Fsp3) is 0.393. The summed E-state index contributed by atoms with van der Waals surface area (Å²) in [5.74, 6) is -1.19. The minimum Gasteiger partial charge on any atom is -0.497 e. The van der Waals surface area contributed by atoms with Gasteiger partial charge in [0.15, 0.2) is 11.2 Å². The summed E-state index contributed by atoms with van der Waals surface area (Å²) in [6, 6.07) is 14.3. The molecule has 4 rings (SSSR count). The predicted molar refractivity (Wildman–Crippen MR) is 132 cm³/mol. The van der Waals surface area contributed by atoms with E-state index in [1.165, 1.54) is 6.08 Å². The number of allylic oxidation sites excluding steroid dienone is 1. The van der Waals surface area contributed by atoms with Crippen LogP contribution in [0.15, 0.2) is 60.7 Å². The molecule has 2 aromatic rings. The number of esters is 2. The van der Waals surface area contributed by atoms with Crippen LogP contribution in [0.1, 0.15) is 44.9 Å². The van der Waals surface area contributed by atoms with E-state index in [1.54, 1.807) is 59.1 Å². The average Bonchev–Trinajstić information content (AvgIpc) is 3.21. The van der Waals surface area contributed by atoms with Crippen molar-refractivity contribution >= 4 is 23.5 Å². The molecule has 0 unspecified atom stereocenters. The number of hydrogen-bond donors (Lipinski definition) is 1. The largest absolute Gasteiger partial charge is 0.497 e. The fourth-order valence-corrected chi connectivity index (χ4v) is 4.69. The van der Waals surface area contributed by atoms with Crippen LogP contribution in [-0.2, 0) is 28.6 Å². The van der Waals surface area contributed by atoms with E-state index in [-0.39, 0.29) is 6.61 Å². The molecule has 1 fully saturated rings. The summed E-state index contributed by atoms with van der Waals surface area (Å²) in [7, 11) is 1.56. The second-order valence-electron chi connectivity index (χ2n) is 9.75. The van der Waals surface area contributed by atoms with E-state index >= 15 is 0 Å². The van der Waals surface area contributed by atoms with Gasteiger partial charge in [0.2, 0.25) is 0 Å². The Morgan fingerprint density at radius 1 is 1.06 bits per heavy atom. The van der Waals surface area contributed by atoms with Crippen molar-refractivity contribution in [3.8, 4) is 5.75 Å². The summed E-state index contributed by atoms with van der Waals surface area (Å²) in [4.78, 5) is 41.0. The normalized spacial score (nSPS) is 25.3. The summed E-state index contributed by atoms with van der Waals surface area (Å²) < 4.78 is 22.7. The molecule has 190 valence electrons. The highest BCUT2D eigenvalue weighted by Gasteiger charge is 2.71. The molecule has 2 heterocycles. The minimum atomic E-state index is -1.98. The molecule has 8 heteroatoms. The van der Waals surface area contributed by atoms with Gasteiger partial charge in [0.1, 0.15) is 29.3 Å². The zero-order valence-electron chi connectivity index (χ0n) is 21.1. The number of rotatable bonds is 6. The molecule has 2 aliphatic heterocycles. The molecule has 0 aliphatic carbocycles. The Morgan fingerprint density at radius 2 is 1.72 bits per heavy atom. The van der Waals surface area contributed by atoms with Gasteiger partial charge in [0.25, 0.3) is 0 Å². The monoisotopic (exact) mass is 493 g/mol. The first-order valence-electron chi connectivity index (χ1n) is 11.9. The van der Waals surface area contributed by atoms with Gasteiger partial charge in [-0.2, -0.15) is 0 Å². The maximum Gasteiger partial charge on any atom is 0.326 e. The van der Waals surface area contributed by atoms with Crippen molar-refractivity contribution in [2.75, 3.05) is 13.7 Å². The van der Waals surface area contributed by atoms with Crippen molar-refractivity contribution in [3.63, 3.8) is 0 Å². The van der Waals surface area contributed by atoms with Crippen LogP contribution in [0.25, 0.3) is 5.76 Å². The topological polar surface area (TPSA) is 100 Å². The third-order valence-corrected chi connectivity index (χ3v) is 6.27. The number of ketones is 1. The molecule has 0 amide bonds. The fourth-order valence-electron chi connectivity index (χ4n) is 4.69.